The van der Waals surface area contributed by atoms with Crippen LogP contribution in [0.3, 0.4) is 0 Å². The maximum Gasteiger partial charge on any atom is 0.258 e. The van der Waals surface area contributed by atoms with Crippen LogP contribution in [-0.4, -0.2) is 22.1 Å². The van der Waals surface area contributed by atoms with Crippen LogP contribution in [0.5, 0.6) is 5.75 Å². The Labute approximate surface area is 153 Å². The zero-order valence-corrected chi connectivity index (χ0v) is 15.3. The molecule has 1 atom stereocenters. The SMILES string of the molecule is Cc1cccc(OCC(=O)N[C@@H](c2ccccc2)c2nccn2C)c1C. The van der Waals surface area contributed by atoms with Crippen LogP contribution in [0.4, 0.5) is 0 Å². The van der Waals surface area contributed by atoms with E-state index in [1.807, 2.05) is 80.2 Å². The molecule has 0 spiro atoms. The number of benzene rings is 2. The van der Waals surface area contributed by atoms with E-state index in [0.29, 0.717) is 0 Å². The van der Waals surface area contributed by atoms with E-state index >= 15 is 0 Å². The summed E-state index contributed by atoms with van der Waals surface area (Å²) in [6.07, 6.45) is 3.59. The van der Waals surface area contributed by atoms with Gasteiger partial charge in [0.25, 0.3) is 5.91 Å². The van der Waals surface area contributed by atoms with Gasteiger partial charge in [0, 0.05) is 19.4 Å². The molecule has 26 heavy (non-hydrogen) atoms. The predicted octanol–water partition coefficient (Wildman–Crippen LogP) is 3.32. The van der Waals surface area contributed by atoms with Crippen LogP contribution >= 0.6 is 0 Å². The molecule has 0 aliphatic heterocycles. The van der Waals surface area contributed by atoms with Gasteiger partial charge in [-0.05, 0) is 36.6 Å². The van der Waals surface area contributed by atoms with Gasteiger partial charge in [0.1, 0.15) is 17.6 Å². The molecule has 3 rings (SSSR count). The first-order valence-electron chi connectivity index (χ1n) is 8.57. The number of nitrogens with zero attached hydrogens (tertiary/aromatic N) is 2. The average molecular weight is 349 g/mol. The quantitative estimate of drug-likeness (QED) is 0.743. The van der Waals surface area contributed by atoms with Gasteiger partial charge in [-0.1, -0.05) is 42.5 Å². The molecule has 0 fully saturated rings. The summed E-state index contributed by atoms with van der Waals surface area (Å²) in [5.74, 6) is 1.31. The minimum atomic E-state index is -0.328. The van der Waals surface area contributed by atoms with Crippen LogP contribution in [-0.2, 0) is 11.8 Å². The molecule has 0 aliphatic rings. The zero-order valence-electron chi connectivity index (χ0n) is 15.3. The van der Waals surface area contributed by atoms with E-state index in [1.165, 1.54) is 0 Å². The highest BCUT2D eigenvalue weighted by Crippen LogP contribution is 2.22. The second-order valence-corrected chi connectivity index (χ2v) is 6.29. The fourth-order valence-electron chi connectivity index (χ4n) is 2.82. The molecule has 5 nitrogen and oxygen atoms in total. The van der Waals surface area contributed by atoms with Crippen molar-refractivity contribution in [2.45, 2.75) is 19.9 Å². The maximum absolute atomic E-state index is 12.5. The molecular formula is C21H23N3O2. The van der Waals surface area contributed by atoms with E-state index in [0.717, 1.165) is 28.3 Å². The Bertz CT molecular complexity index is 887. The van der Waals surface area contributed by atoms with Gasteiger partial charge in [0.05, 0.1) is 0 Å². The molecule has 0 saturated heterocycles. The first-order chi connectivity index (χ1) is 12.6. The Hall–Kier alpha value is -3.08. The standard InChI is InChI=1S/C21H23N3O2/c1-15-8-7-11-18(16(15)2)26-14-19(25)23-20(17-9-5-4-6-10-17)21-22-12-13-24(21)3/h4-13,20H,14H2,1-3H3,(H,23,25)/t20-/m0/s1. The maximum atomic E-state index is 12.5. The lowest BCUT2D eigenvalue weighted by Crippen LogP contribution is -2.34. The Morgan fingerprint density at radius 3 is 2.62 bits per heavy atom. The summed E-state index contributed by atoms with van der Waals surface area (Å²) in [6, 6.07) is 15.3. The summed E-state index contributed by atoms with van der Waals surface area (Å²) in [4.78, 5) is 16.9. The van der Waals surface area contributed by atoms with Crippen molar-refractivity contribution in [2.75, 3.05) is 6.61 Å². The molecule has 134 valence electrons. The van der Waals surface area contributed by atoms with Crippen molar-refractivity contribution in [3.05, 3.63) is 83.4 Å². The van der Waals surface area contributed by atoms with Crippen LogP contribution < -0.4 is 10.1 Å². The lowest BCUT2D eigenvalue weighted by Gasteiger charge is -2.19. The highest BCUT2D eigenvalue weighted by molar-refractivity contribution is 5.78. The number of carbonyl (C=O) groups excluding carboxylic acids is 1. The van der Waals surface area contributed by atoms with Gasteiger partial charge in [-0.3, -0.25) is 4.79 Å². The first-order valence-corrected chi connectivity index (χ1v) is 8.57. The number of rotatable bonds is 6. The number of carbonyl (C=O) groups is 1. The van der Waals surface area contributed by atoms with E-state index in [4.69, 9.17) is 4.74 Å². The molecule has 1 aromatic heterocycles. The van der Waals surface area contributed by atoms with Crippen LogP contribution in [0.1, 0.15) is 28.6 Å². The third kappa shape index (κ3) is 3.94. The number of nitrogens with one attached hydrogen (secondary N) is 1. The Morgan fingerprint density at radius 2 is 1.92 bits per heavy atom. The van der Waals surface area contributed by atoms with Gasteiger partial charge in [0.2, 0.25) is 0 Å². The van der Waals surface area contributed by atoms with Crippen molar-refractivity contribution in [3.8, 4) is 5.75 Å². The first kappa shape index (κ1) is 17.7. The van der Waals surface area contributed by atoms with Crippen molar-refractivity contribution in [1.29, 1.82) is 0 Å². The molecule has 0 saturated carbocycles. The van der Waals surface area contributed by atoms with Crippen LogP contribution in [0.2, 0.25) is 0 Å². The van der Waals surface area contributed by atoms with Gasteiger partial charge in [-0.15, -0.1) is 0 Å². The second kappa shape index (κ2) is 7.87. The molecule has 2 aromatic carbocycles. The number of hydrogen-bond acceptors (Lipinski definition) is 3. The molecular weight excluding hydrogens is 326 g/mol. The lowest BCUT2D eigenvalue weighted by atomic mass is 10.1. The fourth-order valence-corrected chi connectivity index (χ4v) is 2.82. The highest BCUT2D eigenvalue weighted by Gasteiger charge is 2.20. The molecule has 0 aliphatic carbocycles. The Morgan fingerprint density at radius 1 is 1.15 bits per heavy atom. The molecule has 0 unspecified atom stereocenters. The third-order valence-corrected chi connectivity index (χ3v) is 4.47. The average Bonchev–Trinajstić information content (AvgIpc) is 3.07. The van der Waals surface area contributed by atoms with E-state index in [9.17, 15) is 4.79 Å². The summed E-state index contributed by atoms with van der Waals surface area (Å²) in [7, 11) is 1.91. The van der Waals surface area contributed by atoms with Gasteiger partial charge in [-0.25, -0.2) is 4.98 Å². The predicted molar refractivity (Wildman–Crippen MR) is 101 cm³/mol. The van der Waals surface area contributed by atoms with Gasteiger partial charge < -0.3 is 14.6 Å². The summed E-state index contributed by atoms with van der Waals surface area (Å²) in [6.45, 7) is 3.97. The van der Waals surface area contributed by atoms with Crippen molar-refractivity contribution >= 4 is 5.91 Å². The Balaban J connectivity index is 1.74. The number of ether oxygens (including phenoxy) is 1. The zero-order chi connectivity index (χ0) is 18.5. The second-order valence-electron chi connectivity index (χ2n) is 6.29. The molecule has 0 radical (unpaired) electrons. The Kier molecular flexibility index (Phi) is 5.37. The number of aromatic nitrogens is 2. The third-order valence-electron chi connectivity index (χ3n) is 4.47. The minimum Gasteiger partial charge on any atom is -0.483 e. The number of hydrogen-bond donors (Lipinski definition) is 1. The van der Waals surface area contributed by atoms with E-state index in [-0.39, 0.29) is 18.6 Å². The molecule has 3 aromatic rings. The monoisotopic (exact) mass is 349 g/mol. The number of amides is 1. The molecule has 5 heteroatoms. The number of imidazole rings is 1. The normalized spacial score (nSPS) is 11.8. The molecule has 1 amide bonds. The van der Waals surface area contributed by atoms with Crippen LogP contribution in [0, 0.1) is 13.8 Å². The van der Waals surface area contributed by atoms with E-state index < -0.39 is 0 Å². The smallest absolute Gasteiger partial charge is 0.258 e. The van der Waals surface area contributed by atoms with E-state index in [1.54, 1.807) is 6.20 Å². The summed E-state index contributed by atoms with van der Waals surface area (Å²) in [5.41, 5.74) is 3.16. The minimum absolute atomic E-state index is 0.0436. The van der Waals surface area contributed by atoms with Crippen molar-refractivity contribution in [2.24, 2.45) is 7.05 Å². The van der Waals surface area contributed by atoms with Crippen LogP contribution in [0.25, 0.3) is 0 Å². The summed E-state index contributed by atoms with van der Waals surface area (Å²) in [5, 5.41) is 3.03. The summed E-state index contributed by atoms with van der Waals surface area (Å²) < 4.78 is 7.63. The highest BCUT2D eigenvalue weighted by atomic mass is 16.5. The molecule has 1 N–H and O–H groups in total. The molecule has 1 heterocycles. The van der Waals surface area contributed by atoms with Gasteiger partial charge >= 0.3 is 0 Å². The van der Waals surface area contributed by atoms with Gasteiger partial charge in [0.15, 0.2) is 6.61 Å². The van der Waals surface area contributed by atoms with Crippen molar-refractivity contribution in [3.63, 3.8) is 0 Å². The fraction of sp³-hybridized carbons (Fsp3) is 0.238. The topological polar surface area (TPSA) is 56.1 Å². The van der Waals surface area contributed by atoms with Crippen molar-refractivity contribution < 1.29 is 9.53 Å². The van der Waals surface area contributed by atoms with Crippen LogP contribution in [0.15, 0.2) is 60.9 Å². The van der Waals surface area contributed by atoms with Gasteiger partial charge in [-0.2, -0.15) is 0 Å². The molecule has 0 bridgehead atoms. The largest absolute Gasteiger partial charge is 0.483 e. The number of aryl methyl sites for hydroxylation is 2. The lowest BCUT2D eigenvalue weighted by molar-refractivity contribution is -0.123. The summed E-state index contributed by atoms with van der Waals surface area (Å²) >= 11 is 0. The van der Waals surface area contributed by atoms with E-state index in [2.05, 4.69) is 10.3 Å². The van der Waals surface area contributed by atoms with Crippen molar-refractivity contribution in [1.82, 2.24) is 14.9 Å².